The highest BCUT2D eigenvalue weighted by molar-refractivity contribution is 9.10. The molecule has 0 saturated heterocycles. The first-order valence-corrected chi connectivity index (χ1v) is 5.28. The van der Waals surface area contributed by atoms with Gasteiger partial charge in [-0.1, -0.05) is 0 Å². The van der Waals surface area contributed by atoms with E-state index in [1.54, 1.807) is 18.3 Å². The van der Waals surface area contributed by atoms with Crippen molar-refractivity contribution in [1.82, 2.24) is 9.88 Å². The lowest BCUT2D eigenvalue weighted by Gasteiger charge is -2.15. The van der Waals surface area contributed by atoms with Crippen LogP contribution in [0.3, 0.4) is 0 Å². The Balaban J connectivity index is 2.79. The van der Waals surface area contributed by atoms with Crippen LogP contribution in [-0.2, 0) is 9.53 Å². The molecule has 16 heavy (non-hydrogen) atoms. The summed E-state index contributed by atoms with van der Waals surface area (Å²) in [5.74, 6) is -0.749. The van der Waals surface area contributed by atoms with Gasteiger partial charge in [-0.25, -0.2) is 4.98 Å². The Morgan fingerprint density at radius 2 is 2.25 bits per heavy atom. The first-order chi connectivity index (χ1) is 7.56. The Morgan fingerprint density at radius 1 is 1.56 bits per heavy atom. The van der Waals surface area contributed by atoms with Gasteiger partial charge in [0.25, 0.3) is 5.91 Å². The van der Waals surface area contributed by atoms with Crippen molar-refractivity contribution >= 4 is 27.8 Å². The van der Waals surface area contributed by atoms with E-state index in [0.29, 0.717) is 10.2 Å². The zero-order valence-electron chi connectivity index (χ0n) is 8.94. The first-order valence-electron chi connectivity index (χ1n) is 4.49. The van der Waals surface area contributed by atoms with E-state index in [2.05, 4.69) is 25.7 Å². The Kier molecular flexibility index (Phi) is 4.42. The largest absolute Gasteiger partial charge is 0.468 e. The molecular weight excluding hydrogens is 276 g/mol. The molecule has 0 N–H and O–H groups in total. The molecule has 1 aromatic heterocycles. The SMILES string of the molecule is COC(=O)CN(C)C(=O)c1cccnc1Br. The van der Waals surface area contributed by atoms with Crippen LogP contribution >= 0.6 is 15.9 Å². The standard InChI is InChI=1S/C10H11BrN2O3/c1-13(6-8(14)16-2)10(15)7-4-3-5-12-9(7)11/h3-5H,6H2,1-2H3. The zero-order chi connectivity index (χ0) is 12.1. The molecule has 0 spiro atoms. The van der Waals surface area contributed by atoms with Crippen LogP contribution in [0.25, 0.3) is 0 Å². The van der Waals surface area contributed by atoms with Gasteiger partial charge in [0.15, 0.2) is 0 Å². The lowest BCUT2D eigenvalue weighted by atomic mass is 10.2. The van der Waals surface area contributed by atoms with E-state index in [-0.39, 0.29) is 12.5 Å². The zero-order valence-corrected chi connectivity index (χ0v) is 10.5. The number of carbonyl (C=O) groups excluding carboxylic acids is 2. The molecule has 0 unspecified atom stereocenters. The van der Waals surface area contributed by atoms with Crippen LogP contribution in [0.5, 0.6) is 0 Å². The van der Waals surface area contributed by atoms with Crippen molar-refractivity contribution < 1.29 is 14.3 Å². The molecule has 1 rings (SSSR count). The first kappa shape index (κ1) is 12.6. The van der Waals surface area contributed by atoms with Crippen molar-refractivity contribution in [3.8, 4) is 0 Å². The minimum atomic E-state index is -0.462. The summed E-state index contributed by atoms with van der Waals surface area (Å²) in [6.45, 7) is -0.0866. The second kappa shape index (κ2) is 5.60. The van der Waals surface area contributed by atoms with Crippen LogP contribution in [0.1, 0.15) is 10.4 Å². The number of hydrogen-bond acceptors (Lipinski definition) is 4. The molecule has 86 valence electrons. The molecule has 1 heterocycles. The minimum absolute atomic E-state index is 0.0866. The number of carbonyl (C=O) groups is 2. The average Bonchev–Trinajstić information content (AvgIpc) is 2.28. The quantitative estimate of drug-likeness (QED) is 0.617. The maximum absolute atomic E-state index is 11.9. The third-order valence-corrected chi connectivity index (χ3v) is 2.56. The summed E-state index contributed by atoms with van der Waals surface area (Å²) in [6, 6.07) is 3.29. The van der Waals surface area contributed by atoms with Crippen LogP contribution in [0.4, 0.5) is 0 Å². The lowest BCUT2D eigenvalue weighted by molar-refractivity contribution is -0.141. The summed E-state index contributed by atoms with van der Waals surface area (Å²) in [5.41, 5.74) is 0.411. The van der Waals surface area contributed by atoms with Crippen LogP contribution in [0.15, 0.2) is 22.9 Å². The summed E-state index contributed by atoms with van der Waals surface area (Å²) in [4.78, 5) is 28.1. The maximum atomic E-state index is 11.9. The number of methoxy groups -OCH3 is 1. The molecule has 5 nitrogen and oxygen atoms in total. The van der Waals surface area contributed by atoms with Crippen LogP contribution in [-0.4, -0.2) is 42.5 Å². The van der Waals surface area contributed by atoms with Crippen LogP contribution in [0, 0.1) is 0 Å². The number of likely N-dealkylation sites (N-methyl/N-ethyl adjacent to an activating group) is 1. The molecule has 0 atom stereocenters. The number of aromatic nitrogens is 1. The fraction of sp³-hybridized carbons (Fsp3) is 0.300. The van der Waals surface area contributed by atoms with E-state index in [4.69, 9.17) is 0 Å². The molecule has 1 aromatic rings. The molecule has 1 amide bonds. The van der Waals surface area contributed by atoms with E-state index in [1.165, 1.54) is 19.1 Å². The summed E-state index contributed by atoms with van der Waals surface area (Å²) in [5, 5.41) is 0. The Morgan fingerprint density at radius 3 is 2.81 bits per heavy atom. The van der Waals surface area contributed by atoms with Gasteiger partial charge in [0.05, 0.1) is 12.7 Å². The van der Waals surface area contributed by atoms with Gasteiger partial charge in [-0.2, -0.15) is 0 Å². The molecule has 0 aliphatic carbocycles. The molecule has 0 aromatic carbocycles. The molecule has 0 bridgehead atoms. The maximum Gasteiger partial charge on any atom is 0.325 e. The number of halogens is 1. The molecular formula is C10H11BrN2O3. The summed E-state index contributed by atoms with van der Waals surface area (Å²) < 4.78 is 4.93. The number of rotatable bonds is 3. The van der Waals surface area contributed by atoms with Crippen molar-refractivity contribution in [1.29, 1.82) is 0 Å². The van der Waals surface area contributed by atoms with Gasteiger partial charge in [-0.15, -0.1) is 0 Å². The van der Waals surface area contributed by atoms with E-state index in [9.17, 15) is 9.59 Å². The third kappa shape index (κ3) is 3.03. The molecule has 0 radical (unpaired) electrons. The molecule has 0 aliphatic heterocycles. The predicted octanol–water partition coefficient (Wildman–Crippen LogP) is 1.09. The van der Waals surface area contributed by atoms with E-state index >= 15 is 0 Å². The summed E-state index contributed by atoms with van der Waals surface area (Å²) in [6.07, 6.45) is 1.57. The predicted molar refractivity (Wildman–Crippen MR) is 60.9 cm³/mol. The van der Waals surface area contributed by atoms with Crippen LogP contribution in [0.2, 0.25) is 0 Å². The monoisotopic (exact) mass is 286 g/mol. The van der Waals surface area contributed by atoms with Gasteiger partial charge in [0.2, 0.25) is 0 Å². The van der Waals surface area contributed by atoms with Gasteiger partial charge < -0.3 is 9.64 Å². The number of pyridine rings is 1. The van der Waals surface area contributed by atoms with Gasteiger partial charge in [-0.3, -0.25) is 9.59 Å². The highest BCUT2D eigenvalue weighted by Crippen LogP contribution is 2.14. The van der Waals surface area contributed by atoms with E-state index < -0.39 is 5.97 Å². The van der Waals surface area contributed by atoms with Crippen LogP contribution < -0.4 is 0 Å². The smallest absolute Gasteiger partial charge is 0.325 e. The van der Waals surface area contributed by atoms with Gasteiger partial charge >= 0.3 is 5.97 Å². The topological polar surface area (TPSA) is 59.5 Å². The lowest BCUT2D eigenvalue weighted by Crippen LogP contribution is -2.32. The van der Waals surface area contributed by atoms with Crippen molar-refractivity contribution in [3.63, 3.8) is 0 Å². The Labute approximate surface area is 102 Å². The summed E-state index contributed by atoms with van der Waals surface area (Å²) >= 11 is 3.17. The second-order valence-electron chi connectivity index (χ2n) is 3.08. The van der Waals surface area contributed by atoms with Gasteiger partial charge in [0.1, 0.15) is 11.1 Å². The highest BCUT2D eigenvalue weighted by atomic mass is 79.9. The number of ether oxygens (including phenoxy) is 1. The number of nitrogens with zero attached hydrogens (tertiary/aromatic N) is 2. The van der Waals surface area contributed by atoms with E-state index in [0.717, 1.165) is 0 Å². The van der Waals surface area contributed by atoms with Crippen molar-refractivity contribution in [2.45, 2.75) is 0 Å². The van der Waals surface area contributed by atoms with Crippen molar-refractivity contribution in [3.05, 3.63) is 28.5 Å². The normalized spacial score (nSPS) is 9.69. The Bertz CT molecular complexity index is 409. The number of hydrogen-bond donors (Lipinski definition) is 0. The van der Waals surface area contributed by atoms with Crippen molar-refractivity contribution in [2.24, 2.45) is 0 Å². The fourth-order valence-electron chi connectivity index (χ4n) is 1.08. The fourth-order valence-corrected chi connectivity index (χ4v) is 1.50. The van der Waals surface area contributed by atoms with Gasteiger partial charge in [0, 0.05) is 13.2 Å². The second-order valence-corrected chi connectivity index (χ2v) is 3.83. The average molecular weight is 287 g/mol. The summed E-state index contributed by atoms with van der Waals surface area (Å²) in [7, 11) is 2.80. The molecule has 6 heteroatoms. The van der Waals surface area contributed by atoms with Crippen molar-refractivity contribution in [2.75, 3.05) is 20.7 Å². The molecule has 0 fully saturated rings. The van der Waals surface area contributed by atoms with E-state index in [1.807, 2.05) is 0 Å². The highest BCUT2D eigenvalue weighted by Gasteiger charge is 2.17. The third-order valence-electron chi connectivity index (χ3n) is 1.93. The number of esters is 1. The molecule has 0 aliphatic rings. The molecule has 0 saturated carbocycles. The number of amides is 1. The van der Waals surface area contributed by atoms with Gasteiger partial charge in [-0.05, 0) is 28.1 Å². The minimum Gasteiger partial charge on any atom is -0.468 e. The Hall–Kier alpha value is -1.43.